The van der Waals surface area contributed by atoms with Crippen LogP contribution in [0.15, 0.2) is 20.9 Å². The molecule has 1 aliphatic carbocycles. The molecule has 0 radical (unpaired) electrons. The van der Waals surface area contributed by atoms with Crippen LogP contribution in [0, 0.1) is 5.41 Å². The van der Waals surface area contributed by atoms with Crippen LogP contribution in [0.5, 0.6) is 0 Å². The minimum absolute atomic E-state index is 0. The molecule has 0 aromatic heterocycles. The second-order valence-corrected chi connectivity index (χ2v) is 4.61. The van der Waals surface area contributed by atoms with Crippen LogP contribution in [0.3, 0.4) is 0 Å². The zero-order chi connectivity index (χ0) is 8.81. The van der Waals surface area contributed by atoms with Crippen molar-refractivity contribution in [1.82, 2.24) is 0 Å². The fourth-order valence-corrected chi connectivity index (χ4v) is 2.15. The summed E-state index contributed by atoms with van der Waals surface area (Å²) in [4.78, 5) is 0. The molecule has 0 aromatic carbocycles. The number of hydrogen-bond donors (Lipinski definition) is 0. The average Bonchev–Trinajstić information content (AvgIpc) is 2.06. The molecule has 0 heterocycles. The van der Waals surface area contributed by atoms with Crippen LogP contribution < -0.4 is 48.0 Å². The SMILES string of the molecule is CC1=C(C)C(C)(C)[C]([Rh+2])=C1C.[I-].[I-]. The maximum Gasteiger partial charge on any atom is -1.00 e. The zero-order valence-corrected chi connectivity index (χ0v) is 14.5. The molecule has 0 saturated heterocycles. The Labute approximate surface area is 126 Å². The van der Waals surface area contributed by atoms with Crippen molar-refractivity contribution in [2.24, 2.45) is 5.41 Å². The third-order valence-corrected chi connectivity index (χ3v) is 4.53. The summed E-state index contributed by atoms with van der Waals surface area (Å²) in [5.41, 5.74) is 4.68. The molecule has 3 heteroatoms. The molecule has 1 aliphatic rings. The van der Waals surface area contributed by atoms with Crippen molar-refractivity contribution < 1.29 is 66.3 Å². The first kappa shape index (κ1) is 17.0. The largest absolute Gasteiger partial charge is 1.00 e. The average molecular weight is 492 g/mol. The van der Waals surface area contributed by atoms with E-state index < -0.39 is 0 Å². The number of allylic oxidation sites excluding steroid dienone is 4. The van der Waals surface area contributed by atoms with Crippen LogP contribution in [0.1, 0.15) is 34.6 Å². The van der Waals surface area contributed by atoms with Gasteiger partial charge in [-0.2, -0.15) is 0 Å². The molecule has 13 heavy (non-hydrogen) atoms. The van der Waals surface area contributed by atoms with Crippen LogP contribution in [0.4, 0.5) is 0 Å². The van der Waals surface area contributed by atoms with Gasteiger partial charge in [0.05, 0.1) is 0 Å². The predicted octanol–water partition coefficient (Wildman–Crippen LogP) is -2.81. The van der Waals surface area contributed by atoms with Crippen LogP contribution in [0.2, 0.25) is 0 Å². The van der Waals surface area contributed by atoms with Crippen molar-refractivity contribution in [2.45, 2.75) is 34.6 Å². The zero-order valence-electron chi connectivity index (χ0n) is 8.59. The van der Waals surface area contributed by atoms with Crippen LogP contribution >= 0.6 is 0 Å². The van der Waals surface area contributed by atoms with Gasteiger partial charge in [0.1, 0.15) is 0 Å². The monoisotopic (exact) mass is 492 g/mol. The molecule has 1 rings (SSSR count). The van der Waals surface area contributed by atoms with Gasteiger partial charge in [-0.3, -0.25) is 0 Å². The van der Waals surface area contributed by atoms with E-state index in [1.54, 1.807) is 0 Å². The molecule has 0 bridgehead atoms. The summed E-state index contributed by atoms with van der Waals surface area (Å²) in [7, 11) is 0. The maximum absolute atomic E-state index is 3.07. The Morgan fingerprint density at radius 2 is 1.31 bits per heavy atom. The molecule has 78 valence electrons. The Bertz CT molecular complexity index is 236. The fraction of sp³-hybridized carbons (Fsp3) is 0.600. The quantitative estimate of drug-likeness (QED) is 0.254. The van der Waals surface area contributed by atoms with Crippen LogP contribution in [-0.2, 0) is 18.3 Å². The molecular weight excluding hydrogens is 477 g/mol. The van der Waals surface area contributed by atoms with E-state index in [4.69, 9.17) is 0 Å². The summed E-state index contributed by atoms with van der Waals surface area (Å²) in [6.07, 6.45) is 0. The van der Waals surface area contributed by atoms with Crippen LogP contribution in [0.25, 0.3) is 0 Å². The predicted molar refractivity (Wildman–Crippen MR) is 44.9 cm³/mol. The summed E-state index contributed by atoms with van der Waals surface area (Å²) in [6.45, 7) is 11.2. The van der Waals surface area contributed by atoms with E-state index in [9.17, 15) is 0 Å². The van der Waals surface area contributed by atoms with Crippen molar-refractivity contribution in [2.75, 3.05) is 0 Å². The van der Waals surface area contributed by atoms with E-state index in [0.29, 0.717) is 0 Å². The van der Waals surface area contributed by atoms with Crippen molar-refractivity contribution in [3.8, 4) is 0 Å². The summed E-state index contributed by atoms with van der Waals surface area (Å²) >= 11 is 3.07. The van der Waals surface area contributed by atoms with Gasteiger partial charge in [0.25, 0.3) is 0 Å². The molecule has 0 fully saturated rings. The van der Waals surface area contributed by atoms with Gasteiger partial charge in [0.15, 0.2) is 0 Å². The van der Waals surface area contributed by atoms with Crippen molar-refractivity contribution >= 4 is 0 Å². The molecule has 0 aromatic rings. The van der Waals surface area contributed by atoms with E-state index in [2.05, 4.69) is 52.9 Å². The van der Waals surface area contributed by atoms with Gasteiger partial charge in [-0.1, -0.05) is 0 Å². The van der Waals surface area contributed by atoms with Crippen molar-refractivity contribution in [1.29, 1.82) is 0 Å². The third-order valence-electron chi connectivity index (χ3n) is 2.90. The van der Waals surface area contributed by atoms with Gasteiger partial charge in [-0.25, -0.2) is 0 Å². The normalized spacial score (nSPS) is 19.8. The molecule has 0 aliphatic heterocycles. The molecule has 0 amide bonds. The first-order valence-corrected chi connectivity index (χ1v) is 4.74. The molecule has 0 spiro atoms. The Balaban J connectivity index is 0. The first-order valence-electron chi connectivity index (χ1n) is 3.92. The van der Waals surface area contributed by atoms with E-state index in [0.717, 1.165) is 0 Å². The number of halogens is 2. The van der Waals surface area contributed by atoms with E-state index >= 15 is 0 Å². The smallest absolute Gasteiger partial charge is 1.00 e. The molecule has 0 unspecified atom stereocenters. The summed E-state index contributed by atoms with van der Waals surface area (Å²) < 4.78 is 1.42. The molecular formula is C10H15I2Rh. The van der Waals surface area contributed by atoms with Gasteiger partial charge in [-0.15, -0.1) is 0 Å². The number of rotatable bonds is 0. The van der Waals surface area contributed by atoms with Gasteiger partial charge in [0.2, 0.25) is 0 Å². The Hall–Kier alpha value is 1.56. The molecule has 0 nitrogen and oxygen atoms in total. The van der Waals surface area contributed by atoms with Gasteiger partial charge >= 0.3 is 79.2 Å². The fourth-order valence-electron chi connectivity index (χ4n) is 1.53. The number of hydrogen-bond acceptors (Lipinski definition) is 0. The molecule has 0 N–H and O–H groups in total. The second-order valence-electron chi connectivity index (χ2n) is 3.79. The Morgan fingerprint density at radius 3 is 1.38 bits per heavy atom. The molecule has 0 atom stereocenters. The third kappa shape index (κ3) is 2.78. The second kappa shape index (κ2) is 5.59. The maximum atomic E-state index is 3.07. The Kier molecular flexibility index (Phi) is 7.30. The Morgan fingerprint density at radius 1 is 0.923 bits per heavy atom. The minimum Gasteiger partial charge on any atom is -1.00 e. The van der Waals surface area contributed by atoms with E-state index in [-0.39, 0.29) is 53.4 Å². The minimum atomic E-state index is 0. The van der Waals surface area contributed by atoms with Crippen molar-refractivity contribution in [3.05, 3.63) is 20.9 Å². The first-order chi connectivity index (χ1) is 4.89. The van der Waals surface area contributed by atoms with E-state index in [1.807, 2.05) is 0 Å². The van der Waals surface area contributed by atoms with Gasteiger partial charge in [0, 0.05) is 0 Å². The summed E-state index contributed by atoms with van der Waals surface area (Å²) in [5, 5.41) is 0. The van der Waals surface area contributed by atoms with Crippen molar-refractivity contribution in [3.63, 3.8) is 0 Å². The summed E-state index contributed by atoms with van der Waals surface area (Å²) in [6, 6.07) is 0. The molecule has 0 saturated carbocycles. The topological polar surface area (TPSA) is 0 Å². The summed E-state index contributed by atoms with van der Waals surface area (Å²) in [5.74, 6) is 0. The standard InChI is InChI=1S/C10H15.2HI.Rh/c1-7-6-10(4,5)9(3)8(7)2;;;/h1-5H3;2*1H;/q;;;+2/p-2. The van der Waals surface area contributed by atoms with Crippen LogP contribution in [-0.4, -0.2) is 0 Å². The van der Waals surface area contributed by atoms with E-state index in [1.165, 1.54) is 20.9 Å². The van der Waals surface area contributed by atoms with Gasteiger partial charge < -0.3 is 48.0 Å². The van der Waals surface area contributed by atoms with Gasteiger partial charge in [-0.05, 0) is 0 Å².